The number of esters is 2. The minimum Gasteiger partial charge on any atom is -0.456 e. The zero-order valence-electron chi connectivity index (χ0n) is 22.3. The number of hydrogen-bond acceptors (Lipinski definition) is 4. The molecule has 1 unspecified atom stereocenters. The van der Waals surface area contributed by atoms with Gasteiger partial charge in [0.05, 0.1) is 0 Å². The average Bonchev–Trinajstić information content (AvgIpc) is 2.86. The van der Waals surface area contributed by atoms with Crippen molar-refractivity contribution < 1.29 is 111 Å². The third-order valence-electron chi connectivity index (χ3n) is 4.89. The van der Waals surface area contributed by atoms with Crippen LogP contribution in [0.3, 0.4) is 0 Å². The van der Waals surface area contributed by atoms with E-state index in [9.17, 15) is 102 Å². The van der Waals surface area contributed by atoms with Crippen LogP contribution < -0.4 is 0 Å². The molecule has 0 aliphatic heterocycles. The summed E-state index contributed by atoms with van der Waals surface area (Å²) >= 11 is 0. The van der Waals surface area contributed by atoms with E-state index in [0.717, 1.165) is 0 Å². The summed E-state index contributed by atoms with van der Waals surface area (Å²) in [4.78, 5) is 21.3. The predicted molar refractivity (Wildman–Crippen MR) is 108 cm³/mol. The first-order chi connectivity index (χ1) is 19.8. The Labute approximate surface area is 242 Å². The molecule has 0 rings (SSSR count). The molecule has 25 heteroatoms. The molecule has 0 aliphatic carbocycles. The Balaban J connectivity index is 0. The third-order valence-corrected chi connectivity index (χ3v) is 4.89. The quantitative estimate of drug-likeness (QED) is 0.102. The summed E-state index contributed by atoms with van der Waals surface area (Å²) in [5.41, 5.74) is -1.41. The van der Waals surface area contributed by atoms with Gasteiger partial charge in [-0.2, -0.15) is 79.0 Å². The highest BCUT2D eigenvalue weighted by atomic mass is 19.4. The van der Waals surface area contributed by atoms with Gasteiger partial charge in [-0.25, -0.2) is 22.8 Å². The number of carbonyl (C=O) groups is 2. The normalized spacial score (nSPS) is 15.1. The molecule has 272 valence electrons. The van der Waals surface area contributed by atoms with E-state index in [1.54, 1.807) is 0 Å². The smallest absolute Gasteiger partial charge is 0.456 e. The van der Waals surface area contributed by atoms with Gasteiger partial charge in [-0.3, -0.25) is 0 Å². The van der Waals surface area contributed by atoms with E-state index in [4.69, 9.17) is 0 Å². The maximum absolute atomic E-state index is 13.5. The van der Waals surface area contributed by atoms with Crippen LogP contribution in [0.4, 0.5) is 92.2 Å². The Bertz CT molecular complexity index is 1130. The summed E-state index contributed by atoms with van der Waals surface area (Å²) in [7, 11) is 0. The van der Waals surface area contributed by atoms with Crippen LogP contribution in [-0.4, -0.2) is 84.6 Å². The minimum absolute atomic E-state index is 0.120. The van der Waals surface area contributed by atoms with Gasteiger partial charge in [0.2, 0.25) is 0 Å². The molecule has 0 N–H and O–H groups in total. The molecule has 1 atom stereocenters. The Morgan fingerprint density at radius 1 is 0.565 bits per heavy atom. The first-order valence-electron chi connectivity index (χ1n) is 10.8. The van der Waals surface area contributed by atoms with Gasteiger partial charge in [-0.05, 0) is 20.8 Å². The molecule has 0 aromatic heterocycles. The van der Waals surface area contributed by atoms with Crippen molar-refractivity contribution in [2.45, 2.75) is 86.9 Å². The molecule has 46 heavy (non-hydrogen) atoms. The lowest BCUT2D eigenvalue weighted by atomic mass is 9.88. The molecule has 0 fully saturated rings. The van der Waals surface area contributed by atoms with E-state index in [2.05, 4.69) is 22.6 Å². The molecule has 0 spiro atoms. The Morgan fingerprint density at radius 3 is 1.15 bits per heavy atom. The fraction of sp³-hybridized carbons (Fsp3) is 0.714. The van der Waals surface area contributed by atoms with E-state index in [1.807, 2.05) is 0 Å². The SMILES string of the molecule is C=C(C)C(=O)OC(F)(F)C(F)(F)C(F)(F)C(F)(F)C(F)(F)C(F)(F)C(F)(F)C(F)(F)C(C)F.C=C(C)C(=O)OCC(F)(F)C(F)F. The van der Waals surface area contributed by atoms with Crippen molar-refractivity contribution in [1.82, 2.24) is 0 Å². The topological polar surface area (TPSA) is 52.6 Å². The van der Waals surface area contributed by atoms with Crippen LogP contribution in [0.25, 0.3) is 0 Å². The Morgan fingerprint density at radius 2 is 0.870 bits per heavy atom. The van der Waals surface area contributed by atoms with Crippen molar-refractivity contribution in [3.63, 3.8) is 0 Å². The van der Waals surface area contributed by atoms with Crippen LogP contribution in [0.1, 0.15) is 20.8 Å². The summed E-state index contributed by atoms with van der Waals surface area (Å²) in [5.74, 6) is -65.5. The van der Waals surface area contributed by atoms with Crippen LogP contribution in [-0.2, 0) is 19.1 Å². The minimum atomic E-state index is -8.69. The number of rotatable bonds is 14. The van der Waals surface area contributed by atoms with Crippen LogP contribution in [0.15, 0.2) is 24.3 Å². The Hall–Kier alpha value is -3.05. The fourth-order valence-electron chi connectivity index (χ4n) is 2.05. The summed E-state index contributed by atoms with van der Waals surface area (Å²) in [6, 6.07) is 0. The average molecular weight is 732 g/mol. The van der Waals surface area contributed by atoms with Gasteiger partial charge in [-0.15, -0.1) is 0 Å². The number of alkyl halides is 21. The van der Waals surface area contributed by atoms with Crippen molar-refractivity contribution in [2.24, 2.45) is 0 Å². The highest BCUT2D eigenvalue weighted by Gasteiger charge is 2.95. The zero-order chi connectivity index (χ0) is 38.1. The van der Waals surface area contributed by atoms with Crippen molar-refractivity contribution >= 4 is 11.9 Å². The highest BCUT2D eigenvalue weighted by Crippen LogP contribution is 2.64. The van der Waals surface area contributed by atoms with Crippen molar-refractivity contribution in [3.05, 3.63) is 24.3 Å². The van der Waals surface area contributed by atoms with E-state index in [1.165, 1.54) is 6.92 Å². The van der Waals surface area contributed by atoms with Gasteiger partial charge in [0.25, 0.3) is 0 Å². The molecule has 0 bridgehead atoms. The number of carbonyl (C=O) groups excluding carboxylic acids is 2. The molecule has 0 saturated heterocycles. The fourth-order valence-corrected chi connectivity index (χ4v) is 2.05. The van der Waals surface area contributed by atoms with Gasteiger partial charge in [0.15, 0.2) is 12.8 Å². The maximum Gasteiger partial charge on any atom is 0.473 e. The Kier molecular flexibility index (Phi) is 13.3. The lowest BCUT2D eigenvalue weighted by molar-refractivity contribution is -0.469. The van der Waals surface area contributed by atoms with Gasteiger partial charge < -0.3 is 9.47 Å². The van der Waals surface area contributed by atoms with E-state index in [0.29, 0.717) is 6.92 Å². The highest BCUT2D eigenvalue weighted by molar-refractivity contribution is 5.87. The predicted octanol–water partition coefficient (Wildman–Crippen LogP) is 8.51. The van der Waals surface area contributed by atoms with Crippen LogP contribution >= 0.6 is 0 Å². The first-order valence-corrected chi connectivity index (χ1v) is 10.8. The number of ether oxygens (including phenoxy) is 2. The third kappa shape index (κ3) is 7.90. The van der Waals surface area contributed by atoms with E-state index in [-0.39, 0.29) is 5.57 Å². The molecule has 4 nitrogen and oxygen atoms in total. The van der Waals surface area contributed by atoms with E-state index >= 15 is 0 Å². The zero-order valence-corrected chi connectivity index (χ0v) is 22.3. The molecule has 0 aromatic rings. The monoisotopic (exact) mass is 732 g/mol. The first kappa shape index (κ1) is 45.1. The van der Waals surface area contributed by atoms with Gasteiger partial charge >= 0.3 is 71.9 Å². The van der Waals surface area contributed by atoms with Crippen molar-refractivity contribution in [3.8, 4) is 0 Å². The number of hydrogen-bond donors (Lipinski definition) is 0. The standard InChI is InChI=1S/C14H9F17O2.C7H8F4O2/c1-4(2)6(32)33-14(30,31)13(28,29)12(26,27)11(24,25)10(22,23)9(20,21)8(18,19)7(16,17)5(3)15;1-4(2)5(12)13-3-7(10,11)6(8)9/h5H,1H2,2-3H3;6H,1,3H2,2H3. The van der Waals surface area contributed by atoms with E-state index < -0.39 is 97.1 Å². The molecule has 0 heterocycles. The second-order valence-corrected chi connectivity index (χ2v) is 8.79. The lowest BCUT2D eigenvalue weighted by Gasteiger charge is -2.43. The summed E-state index contributed by atoms with van der Waals surface area (Å²) < 4.78 is 279. The van der Waals surface area contributed by atoms with Crippen molar-refractivity contribution in [1.29, 1.82) is 0 Å². The lowest BCUT2D eigenvalue weighted by Crippen LogP contribution is -2.75. The molecule has 0 amide bonds. The molecule has 0 saturated carbocycles. The molecule has 0 aliphatic rings. The second-order valence-electron chi connectivity index (χ2n) is 8.79. The largest absolute Gasteiger partial charge is 0.473 e. The molecular formula is C21H17F21O4. The van der Waals surface area contributed by atoms with Crippen LogP contribution in [0.2, 0.25) is 0 Å². The van der Waals surface area contributed by atoms with Gasteiger partial charge in [0.1, 0.15) is 0 Å². The van der Waals surface area contributed by atoms with Crippen LogP contribution in [0.5, 0.6) is 0 Å². The summed E-state index contributed by atoms with van der Waals surface area (Å²) in [5, 5.41) is 0. The van der Waals surface area contributed by atoms with Crippen molar-refractivity contribution in [2.75, 3.05) is 6.61 Å². The van der Waals surface area contributed by atoms with Crippen LogP contribution in [0, 0.1) is 0 Å². The summed E-state index contributed by atoms with van der Waals surface area (Å²) in [6.45, 7) is 4.88. The molecule has 0 radical (unpaired) electrons. The molecular weight excluding hydrogens is 715 g/mol. The number of halogens is 21. The van der Waals surface area contributed by atoms with Gasteiger partial charge in [0, 0.05) is 11.1 Å². The summed E-state index contributed by atoms with van der Waals surface area (Å²) in [6.07, 6.45) is -15.6. The molecule has 0 aromatic carbocycles. The van der Waals surface area contributed by atoms with Gasteiger partial charge in [-0.1, -0.05) is 13.2 Å². The maximum atomic E-state index is 13.5. The second kappa shape index (κ2) is 13.6.